The first kappa shape index (κ1) is 33.1. The first-order chi connectivity index (χ1) is 20.6. The van der Waals surface area contributed by atoms with Crippen LogP contribution in [-0.4, -0.2) is 74.3 Å². The minimum absolute atomic E-state index is 0.00317. The number of rotatable bonds is 8. The largest absolute Gasteiger partial charge is 0.444 e. The molecular formula is C33H43F2N5O4. The number of carbonyl (C=O) groups excluding carboxylic acids is 2. The third-order valence-electron chi connectivity index (χ3n) is 7.61. The van der Waals surface area contributed by atoms with E-state index < -0.39 is 53.3 Å². The number of benzene rings is 2. The average molecular weight is 612 g/mol. The molecule has 0 saturated carbocycles. The van der Waals surface area contributed by atoms with Crippen molar-refractivity contribution >= 4 is 12.0 Å². The van der Waals surface area contributed by atoms with Gasteiger partial charge in [0.2, 0.25) is 5.91 Å². The molecule has 4 rings (SSSR count). The number of ether oxygens (including phenoxy) is 1. The summed E-state index contributed by atoms with van der Waals surface area (Å²) in [5.41, 5.74) is 6.35. The summed E-state index contributed by atoms with van der Waals surface area (Å²) in [6, 6.07) is 11.6. The van der Waals surface area contributed by atoms with Crippen LogP contribution in [0.15, 0.2) is 54.7 Å². The van der Waals surface area contributed by atoms with Gasteiger partial charge in [-0.15, -0.1) is 0 Å². The number of aliphatic hydroxyl groups excluding tert-OH is 1. The SMILES string of the molecule is CC(C)(C)OC(=O)N1CC(N)C(CN(C(=O)CO)[C@@H](c2nc(-c3cc(F)ccc3F)cn2Cc2ccccc2)C(C)(C)C)C1. The van der Waals surface area contributed by atoms with Crippen LogP contribution in [0.1, 0.15) is 59.0 Å². The van der Waals surface area contributed by atoms with Crippen molar-refractivity contribution in [2.24, 2.45) is 17.1 Å². The zero-order valence-corrected chi connectivity index (χ0v) is 26.3. The van der Waals surface area contributed by atoms with E-state index >= 15 is 0 Å². The molecule has 2 aromatic carbocycles. The summed E-state index contributed by atoms with van der Waals surface area (Å²) in [6.07, 6.45) is 1.18. The standard InChI is InChI=1S/C33H43F2N5O4/c1-32(2,3)29(40(28(42)20-41)17-22-16-39(18-26(22)36)31(43)44-33(4,5)6)30-37-27(24-14-23(34)12-13-25(24)35)19-38(30)15-21-10-8-7-9-11-21/h7-14,19,22,26,29,41H,15-18,20,36H2,1-6H3/t22?,26?,29-/m0/s1. The Morgan fingerprint density at radius 1 is 1.09 bits per heavy atom. The lowest BCUT2D eigenvalue weighted by Crippen LogP contribution is -2.48. The Labute approximate surface area is 257 Å². The Morgan fingerprint density at radius 2 is 1.77 bits per heavy atom. The Bertz CT molecular complexity index is 1470. The Hall–Kier alpha value is -3.83. The van der Waals surface area contributed by atoms with Crippen LogP contribution in [0.25, 0.3) is 11.3 Å². The molecule has 0 aliphatic carbocycles. The second-order valence-electron chi connectivity index (χ2n) is 13.5. The second-order valence-corrected chi connectivity index (χ2v) is 13.5. The van der Waals surface area contributed by atoms with Crippen molar-refractivity contribution in [2.45, 2.75) is 65.8 Å². The molecule has 1 aromatic heterocycles. The number of amides is 2. The highest BCUT2D eigenvalue weighted by Crippen LogP contribution is 2.40. The van der Waals surface area contributed by atoms with Gasteiger partial charge in [0.15, 0.2) is 0 Å². The summed E-state index contributed by atoms with van der Waals surface area (Å²) in [7, 11) is 0. The lowest BCUT2D eigenvalue weighted by molar-refractivity contribution is -0.140. The number of imidazole rings is 1. The molecule has 3 N–H and O–H groups in total. The second kappa shape index (κ2) is 13.0. The van der Waals surface area contributed by atoms with E-state index in [1.807, 2.05) is 55.7 Å². The van der Waals surface area contributed by atoms with Crippen LogP contribution >= 0.6 is 0 Å². The van der Waals surface area contributed by atoms with Crippen LogP contribution in [0.3, 0.4) is 0 Å². The summed E-state index contributed by atoms with van der Waals surface area (Å²) in [5, 5.41) is 10.1. The van der Waals surface area contributed by atoms with Gasteiger partial charge in [-0.3, -0.25) is 4.79 Å². The molecule has 44 heavy (non-hydrogen) atoms. The summed E-state index contributed by atoms with van der Waals surface area (Å²) in [6.45, 7) is 11.4. The van der Waals surface area contributed by atoms with Gasteiger partial charge in [0.1, 0.15) is 29.7 Å². The fraction of sp³-hybridized carbons (Fsp3) is 0.485. The van der Waals surface area contributed by atoms with Gasteiger partial charge in [0, 0.05) is 49.9 Å². The summed E-state index contributed by atoms with van der Waals surface area (Å²) in [4.78, 5) is 34.2. The summed E-state index contributed by atoms with van der Waals surface area (Å²) in [5.74, 6) is -1.65. The predicted molar refractivity (Wildman–Crippen MR) is 163 cm³/mol. The van der Waals surface area contributed by atoms with Crippen LogP contribution in [-0.2, 0) is 16.1 Å². The van der Waals surface area contributed by atoms with E-state index in [2.05, 4.69) is 0 Å². The lowest BCUT2D eigenvalue weighted by atomic mass is 9.84. The zero-order chi connectivity index (χ0) is 32.4. The van der Waals surface area contributed by atoms with Crippen LogP contribution < -0.4 is 5.73 Å². The molecule has 3 aromatic rings. The van der Waals surface area contributed by atoms with Crippen molar-refractivity contribution in [2.75, 3.05) is 26.2 Å². The molecule has 1 fully saturated rings. The molecule has 2 unspecified atom stereocenters. The minimum Gasteiger partial charge on any atom is -0.444 e. The number of carbonyl (C=O) groups is 2. The van der Waals surface area contributed by atoms with Gasteiger partial charge in [-0.25, -0.2) is 18.6 Å². The smallest absolute Gasteiger partial charge is 0.410 e. The lowest BCUT2D eigenvalue weighted by Gasteiger charge is -2.41. The van der Waals surface area contributed by atoms with Gasteiger partial charge >= 0.3 is 6.09 Å². The van der Waals surface area contributed by atoms with E-state index in [-0.39, 0.29) is 36.8 Å². The van der Waals surface area contributed by atoms with Crippen molar-refractivity contribution in [3.63, 3.8) is 0 Å². The van der Waals surface area contributed by atoms with E-state index in [1.54, 1.807) is 31.9 Å². The minimum atomic E-state index is -0.755. The number of hydrogen-bond donors (Lipinski definition) is 2. The number of nitrogens with zero attached hydrogens (tertiary/aromatic N) is 4. The number of halogens is 2. The molecule has 2 amide bonds. The molecule has 0 radical (unpaired) electrons. The highest BCUT2D eigenvalue weighted by molar-refractivity contribution is 5.78. The van der Waals surface area contributed by atoms with Gasteiger partial charge < -0.3 is 29.9 Å². The number of likely N-dealkylation sites (tertiary alicyclic amines) is 1. The number of hydrogen-bond acceptors (Lipinski definition) is 6. The molecule has 11 heteroatoms. The molecule has 1 saturated heterocycles. The molecule has 0 spiro atoms. The van der Waals surface area contributed by atoms with Crippen molar-refractivity contribution < 1.29 is 28.2 Å². The molecule has 9 nitrogen and oxygen atoms in total. The first-order valence-corrected chi connectivity index (χ1v) is 14.8. The van der Waals surface area contributed by atoms with Crippen molar-refractivity contribution in [1.82, 2.24) is 19.4 Å². The van der Waals surface area contributed by atoms with Gasteiger partial charge in [0.25, 0.3) is 0 Å². The number of aliphatic hydroxyl groups is 1. The van der Waals surface area contributed by atoms with Crippen molar-refractivity contribution in [1.29, 1.82) is 0 Å². The summed E-state index contributed by atoms with van der Waals surface area (Å²) < 4.78 is 36.6. The van der Waals surface area contributed by atoms with Gasteiger partial charge in [0.05, 0.1) is 11.7 Å². The normalized spacial score (nSPS) is 17.9. The van der Waals surface area contributed by atoms with Crippen LogP contribution in [0.2, 0.25) is 0 Å². The highest BCUT2D eigenvalue weighted by Gasteiger charge is 2.42. The monoisotopic (exact) mass is 611 g/mol. The van der Waals surface area contributed by atoms with Gasteiger partial charge in [-0.1, -0.05) is 51.1 Å². The van der Waals surface area contributed by atoms with Crippen LogP contribution in [0.4, 0.5) is 13.6 Å². The van der Waals surface area contributed by atoms with E-state index in [4.69, 9.17) is 15.5 Å². The van der Waals surface area contributed by atoms with E-state index in [1.165, 1.54) is 4.90 Å². The zero-order valence-electron chi connectivity index (χ0n) is 26.3. The van der Waals surface area contributed by atoms with E-state index in [0.29, 0.717) is 12.4 Å². The average Bonchev–Trinajstić information content (AvgIpc) is 3.51. The molecular weight excluding hydrogens is 568 g/mol. The van der Waals surface area contributed by atoms with Gasteiger partial charge in [-0.05, 0) is 49.9 Å². The maximum Gasteiger partial charge on any atom is 0.410 e. The molecule has 238 valence electrons. The molecule has 1 aliphatic rings. The van der Waals surface area contributed by atoms with Crippen LogP contribution in [0, 0.1) is 23.0 Å². The Morgan fingerprint density at radius 3 is 2.39 bits per heavy atom. The molecule has 2 heterocycles. The third kappa shape index (κ3) is 7.81. The fourth-order valence-electron chi connectivity index (χ4n) is 5.63. The van der Waals surface area contributed by atoms with E-state index in [0.717, 1.165) is 23.8 Å². The number of nitrogens with two attached hydrogens (primary N) is 1. The van der Waals surface area contributed by atoms with Crippen molar-refractivity contribution in [3.8, 4) is 11.3 Å². The quantitative estimate of drug-likeness (QED) is 0.372. The molecule has 0 bridgehead atoms. The third-order valence-corrected chi connectivity index (χ3v) is 7.61. The van der Waals surface area contributed by atoms with Crippen molar-refractivity contribution in [3.05, 3.63) is 77.8 Å². The Balaban J connectivity index is 1.77. The van der Waals surface area contributed by atoms with E-state index in [9.17, 15) is 23.5 Å². The predicted octanol–water partition coefficient (Wildman–Crippen LogP) is 4.98. The fourth-order valence-corrected chi connectivity index (χ4v) is 5.63. The van der Waals surface area contributed by atoms with Crippen LogP contribution in [0.5, 0.6) is 0 Å². The maximum absolute atomic E-state index is 14.9. The molecule has 3 atom stereocenters. The highest BCUT2D eigenvalue weighted by atomic mass is 19.1. The van der Waals surface area contributed by atoms with Gasteiger partial charge in [-0.2, -0.15) is 0 Å². The Kier molecular flexibility index (Phi) is 9.80. The number of aromatic nitrogens is 2. The summed E-state index contributed by atoms with van der Waals surface area (Å²) >= 11 is 0. The topological polar surface area (TPSA) is 114 Å². The first-order valence-electron chi connectivity index (χ1n) is 14.8. The maximum atomic E-state index is 14.9. The molecule has 1 aliphatic heterocycles.